The van der Waals surface area contributed by atoms with Gasteiger partial charge >= 0.3 is 0 Å². The average Bonchev–Trinajstić information content (AvgIpc) is 2.37. The highest BCUT2D eigenvalue weighted by Gasteiger charge is 2.32. The van der Waals surface area contributed by atoms with Crippen LogP contribution in [0.25, 0.3) is 0 Å². The van der Waals surface area contributed by atoms with Gasteiger partial charge in [0, 0.05) is 19.2 Å². The number of nitrogens with zero attached hydrogens (tertiary/aromatic N) is 1. The van der Waals surface area contributed by atoms with E-state index in [1.807, 2.05) is 0 Å². The maximum atomic E-state index is 12.7. The molecule has 1 fully saturated rings. The van der Waals surface area contributed by atoms with Gasteiger partial charge < -0.3 is 4.74 Å². The molecular weight excluding hydrogens is 298 g/mol. The van der Waals surface area contributed by atoms with E-state index in [-0.39, 0.29) is 4.90 Å². The number of ether oxygens (including phenoxy) is 1. The minimum atomic E-state index is -3.48. The van der Waals surface area contributed by atoms with E-state index in [2.05, 4.69) is 13.8 Å². The Bertz CT molecular complexity index is 578. The van der Waals surface area contributed by atoms with E-state index in [4.69, 9.17) is 16.3 Å². The second kappa shape index (κ2) is 5.92. The molecule has 0 spiro atoms. The molecule has 1 aromatic carbocycles. The normalized spacial score (nSPS) is 24.6. The predicted octanol–water partition coefficient (Wildman–Crippen LogP) is 3.02. The highest BCUT2D eigenvalue weighted by molar-refractivity contribution is 7.89. The van der Waals surface area contributed by atoms with Gasteiger partial charge in [-0.3, -0.25) is 0 Å². The van der Waals surface area contributed by atoms with Crippen molar-refractivity contribution in [1.82, 2.24) is 4.31 Å². The lowest BCUT2D eigenvalue weighted by molar-refractivity contribution is 0.222. The van der Waals surface area contributed by atoms with Crippen LogP contribution in [0.3, 0.4) is 0 Å². The molecule has 1 aliphatic rings. The Hall–Kier alpha value is -0.780. The third-order valence-corrected chi connectivity index (χ3v) is 5.74. The van der Waals surface area contributed by atoms with Gasteiger partial charge in [0.05, 0.1) is 17.0 Å². The summed E-state index contributed by atoms with van der Waals surface area (Å²) < 4.78 is 32.0. The fourth-order valence-corrected chi connectivity index (χ4v) is 4.64. The number of piperidine rings is 1. The minimum Gasteiger partial charge on any atom is -0.495 e. The predicted molar refractivity (Wildman–Crippen MR) is 79.7 cm³/mol. The molecule has 2 atom stereocenters. The molecule has 4 nitrogen and oxygen atoms in total. The highest BCUT2D eigenvalue weighted by atomic mass is 35.5. The van der Waals surface area contributed by atoms with Crippen molar-refractivity contribution in [2.45, 2.75) is 25.2 Å². The Labute approximate surface area is 125 Å². The average molecular weight is 318 g/mol. The summed E-state index contributed by atoms with van der Waals surface area (Å²) >= 11 is 5.95. The standard InChI is InChI=1S/C14H20ClNO3S/c1-10-6-11(2)9-16(8-10)20(17,18)12-4-5-13(15)14(7-12)19-3/h4-5,7,10-11H,6,8-9H2,1-3H3/t10-,11+. The first-order valence-electron chi connectivity index (χ1n) is 6.68. The Morgan fingerprint density at radius 2 is 1.85 bits per heavy atom. The molecule has 1 aliphatic heterocycles. The quantitative estimate of drug-likeness (QED) is 0.861. The van der Waals surface area contributed by atoms with Crippen LogP contribution in [0, 0.1) is 11.8 Å². The highest BCUT2D eigenvalue weighted by Crippen LogP contribution is 2.31. The number of hydrogen-bond acceptors (Lipinski definition) is 3. The minimum absolute atomic E-state index is 0.236. The number of halogens is 1. The van der Waals surface area contributed by atoms with Crippen molar-refractivity contribution in [3.63, 3.8) is 0 Å². The first-order valence-corrected chi connectivity index (χ1v) is 8.50. The second-order valence-electron chi connectivity index (χ2n) is 5.56. The van der Waals surface area contributed by atoms with Crippen molar-refractivity contribution < 1.29 is 13.2 Å². The molecule has 0 saturated carbocycles. The van der Waals surface area contributed by atoms with Crippen LogP contribution >= 0.6 is 11.6 Å². The molecule has 2 rings (SSSR count). The molecule has 6 heteroatoms. The maximum absolute atomic E-state index is 12.7. The molecule has 0 unspecified atom stereocenters. The summed E-state index contributed by atoms with van der Waals surface area (Å²) in [6, 6.07) is 4.58. The number of hydrogen-bond donors (Lipinski definition) is 0. The number of benzene rings is 1. The molecule has 0 aliphatic carbocycles. The van der Waals surface area contributed by atoms with Crippen molar-refractivity contribution in [2.24, 2.45) is 11.8 Å². The zero-order valence-corrected chi connectivity index (χ0v) is 13.5. The third kappa shape index (κ3) is 3.10. The van der Waals surface area contributed by atoms with Crippen LogP contribution in [0.1, 0.15) is 20.3 Å². The lowest BCUT2D eigenvalue weighted by atomic mass is 9.94. The first-order chi connectivity index (χ1) is 9.34. The Balaban J connectivity index is 2.34. The molecule has 112 valence electrons. The molecule has 0 N–H and O–H groups in total. The van der Waals surface area contributed by atoms with Crippen LogP contribution in [0.4, 0.5) is 0 Å². The van der Waals surface area contributed by atoms with Crippen molar-refractivity contribution in [2.75, 3.05) is 20.2 Å². The fourth-order valence-electron chi connectivity index (χ4n) is 2.75. The van der Waals surface area contributed by atoms with Gasteiger partial charge in [-0.1, -0.05) is 25.4 Å². The molecule has 1 aromatic rings. The summed E-state index contributed by atoms with van der Waals surface area (Å²) in [6.45, 7) is 5.30. The fraction of sp³-hybridized carbons (Fsp3) is 0.571. The van der Waals surface area contributed by atoms with E-state index in [0.717, 1.165) is 6.42 Å². The zero-order valence-electron chi connectivity index (χ0n) is 12.0. The van der Waals surface area contributed by atoms with E-state index >= 15 is 0 Å². The summed E-state index contributed by atoms with van der Waals surface area (Å²) in [5, 5.41) is 0.409. The Kier molecular flexibility index (Phi) is 4.62. The van der Waals surface area contributed by atoms with E-state index in [9.17, 15) is 8.42 Å². The largest absolute Gasteiger partial charge is 0.495 e. The summed E-state index contributed by atoms with van der Waals surface area (Å²) in [6.07, 6.45) is 1.07. The summed E-state index contributed by atoms with van der Waals surface area (Å²) in [5.74, 6) is 1.14. The maximum Gasteiger partial charge on any atom is 0.243 e. The molecule has 0 aromatic heterocycles. The summed E-state index contributed by atoms with van der Waals surface area (Å²) in [7, 11) is -2.01. The molecule has 0 bridgehead atoms. The second-order valence-corrected chi connectivity index (χ2v) is 7.91. The Morgan fingerprint density at radius 1 is 1.25 bits per heavy atom. The van der Waals surface area contributed by atoms with Gasteiger partial charge in [-0.05, 0) is 30.4 Å². The van der Waals surface area contributed by atoms with Crippen LogP contribution in [0.2, 0.25) is 5.02 Å². The summed E-state index contributed by atoms with van der Waals surface area (Å²) in [4.78, 5) is 0.236. The molecule has 20 heavy (non-hydrogen) atoms. The summed E-state index contributed by atoms with van der Waals surface area (Å²) in [5.41, 5.74) is 0. The van der Waals surface area contributed by atoms with Gasteiger partial charge in [0.2, 0.25) is 10.0 Å². The van der Waals surface area contributed by atoms with Crippen molar-refractivity contribution in [3.05, 3.63) is 23.2 Å². The lowest BCUT2D eigenvalue weighted by Crippen LogP contribution is -2.42. The van der Waals surface area contributed by atoms with Crippen molar-refractivity contribution >= 4 is 21.6 Å². The van der Waals surface area contributed by atoms with Crippen LogP contribution in [-0.2, 0) is 10.0 Å². The number of sulfonamides is 1. The number of methoxy groups -OCH3 is 1. The van der Waals surface area contributed by atoms with E-state index in [0.29, 0.717) is 35.7 Å². The molecule has 1 saturated heterocycles. The molecular formula is C14H20ClNO3S. The van der Waals surface area contributed by atoms with E-state index in [1.54, 1.807) is 10.4 Å². The topological polar surface area (TPSA) is 46.6 Å². The van der Waals surface area contributed by atoms with E-state index in [1.165, 1.54) is 19.2 Å². The van der Waals surface area contributed by atoms with Gasteiger partial charge in [-0.25, -0.2) is 8.42 Å². The first kappa shape index (κ1) is 15.6. The third-order valence-electron chi connectivity index (χ3n) is 3.60. The molecule has 0 radical (unpaired) electrons. The van der Waals surface area contributed by atoms with Crippen LogP contribution in [0.5, 0.6) is 5.75 Å². The van der Waals surface area contributed by atoms with Gasteiger partial charge in [0.25, 0.3) is 0 Å². The SMILES string of the molecule is COc1cc(S(=O)(=O)N2C[C@H](C)C[C@H](C)C2)ccc1Cl. The molecule has 0 amide bonds. The van der Waals surface area contributed by atoms with Crippen LogP contribution in [0.15, 0.2) is 23.1 Å². The van der Waals surface area contributed by atoms with E-state index < -0.39 is 10.0 Å². The van der Waals surface area contributed by atoms with Crippen molar-refractivity contribution in [3.8, 4) is 5.75 Å². The molecule has 1 heterocycles. The van der Waals surface area contributed by atoms with Crippen LogP contribution < -0.4 is 4.74 Å². The van der Waals surface area contributed by atoms with Crippen molar-refractivity contribution in [1.29, 1.82) is 0 Å². The van der Waals surface area contributed by atoms with Gasteiger partial charge in [0.1, 0.15) is 5.75 Å². The zero-order chi connectivity index (χ0) is 14.9. The van der Waals surface area contributed by atoms with Gasteiger partial charge in [0.15, 0.2) is 0 Å². The van der Waals surface area contributed by atoms with Gasteiger partial charge in [-0.15, -0.1) is 0 Å². The monoisotopic (exact) mass is 317 g/mol. The smallest absolute Gasteiger partial charge is 0.243 e. The number of rotatable bonds is 3. The van der Waals surface area contributed by atoms with Crippen LogP contribution in [-0.4, -0.2) is 32.9 Å². The Morgan fingerprint density at radius 3 is 2.40 bits per heavy atom. The van der Waals surface area contributed by atoms with Gasteiger partial charge in [-0.2, -0.15) is 4.31 Å². The lowest BCUT2D eigenvalue weighted by Gasteiger charge is -2.34.